The lowest BCUT2D eigenvalue weighted by Gasteiger charge is -2.27. The van der Waals surface area contributed by atoms with Crippen LogP contribution in [0.1, 0.15) is 36.1 Å². The molecule has 0 spiro atoms. The van der Waals surface area contributed by atoms with Crippen molar-refractivity contribution in [2.24, 2.45) is 0 Å². The number of hydrogen-bond acceptors (Lipinski definition) is 2. The maximum absolute atomic E-state index is 12.8. The molecule has 0 radical (unpaired) electrons. The van der Waals surface area contributed by atoms with E-state index in [-0.39, 0.29) is 6.04 Å². The highest BCUT2D eigenvalue weighted by atomic mass is 32.2. The van der Waals surface area contributed by atoms with Crippen molar-refractivity contribution in [3.63, 3.8) is 0 Å². The third-order valence-electron chi connectivity index (χ3n) is 3.99. The van der Waals surface area contributed by atoms with Crippen LogP contribution in [0, 0.1) is 13.8 Å². The summed E-state index contributed by atoms with van der Waals surface area (Å²) in [5.41, 5.74) is 3.24. The SMILES string of the molecule is CCC(c1ccc(C)cc1)N(C)S(=O)(=O)c1ccc(C)cc1. The van der Waals surface area contributed by atoms with E-state index in [9.17, 15) is 8.42 Å². The minimum absolute atomic E-state index is 0.160. The summed E-state index contributed by atoms with van der Waals surface area (Å²) >= 11 is 0. The molecule has 3 nitrogen and oxygen atoms in total. The molecule has 0 aliphatic rings. The zero-order valence-electron chi connectivity index (χ0n) is 13.6. The molecule has 118 valence electrons. The van der Waals surface area contributed by atoms with Crippen molar-refractivity contribution in [2.45, 2.75) is 38.1 Å². The number of nitrogens with zero attached hydrogens (tertiary/aromatic N) is 1. The summed E-state index contributed by atoms with van der Waals surface area (Å²) in [6.07, 6.45) is 0.727. The minimum Gasteiger partial charge on any atom is -0.207 e. The summed E-state index contributed by atoms with van der Waals surface area (Å²) in [6.45, 7) is 5.98. The lowest BCUT2D eigenvalue weighted by molar-refractivity contribution is 0.367. The number of rotatable bonds is 5. The van der Waals surface area contributed by atoms with Gasteiger partial charge in [-0.2, -0.15) is 4.31 Å². The fourth-order valence-electron chi connectivity index (χ4n) is 2.54. The molecule has 1 unspecified atom stereocenters. The van der Waals surface area contributed by atoms with E-state index >= 15 is 0 Å². The van der Waals surface area contributed by atoms with Crippen molar-refractivity contribution >= 4 is 10.0 Å². The quantitative estimate of drug-likeness (QED) is 0.833. The number of sulfonamides is 1. The summed E-state index contributed by atoms with van der Waals surface area (Å²) in [5, 5.41) is 0. The molecule has 4 heteroatoms. The van der Waals surface area contributed by atoms with E-state index in [0.717, 1.165) is 17.5 Å². The maximum Gasteiger partial charge on any atom is 0.243 e. The van der Waals surface area contributed by atoms with Crippen LogP contribution >= 0.6 is 0 Å². The molecule has 0 N–H and O–H groups in total. The van der Waals surface area contributed by atoms with Crippen LogP contribution in [0.3, 0.4) is 0 Å². The molecule has 0 heterocycles. The van der Waals surface area contributed by atoms with Crippen LogP contribution in [0.2, 0.25) is 0 Å². The molecule has 1 atom stereocenters. The van der Waals surface area contributed by atoms with Crippen molar-refractivity contribution in [1.82, 2.24) is 4.31 Å². The molecule has 2 aromatic rings. The molecule has 22 heavy (non-hydrogen) atoms. The van der Waals surface area contributed by atoms with Gasteiger partial charge in [0.15, 0.2) is 0 Å². The Bertz CT molecular complexity index is 719. The van der Waals surface area contributed by atoms with Gasteiger partial charge in [-0.15, -0.1) is 0 Å². The molecule has 0 aliphatic carbocycles. The first-order valence-corrected chi connectivity index (χ1v) is 8.91. The molecule has 2 aromatic carbocycles. The van der Waals surface area contributed by atoms with Gasteiger partial charge in [0.25, 0.3) is 0 Å². The van der Waals surface area contributed by atoms with E-state index in [4.69, 9.17) is 0 Å². The topological polar surface area (TPSA) is 37.4 Å². The van der Waals surface area contributed by atoms with Crippen molar-refractivity contribution in [1.29, 1.82) is 0 Å². The predicted octanol–water partition coefficient (Wildman–Crippen LogP) is 4.08. The van der Waals surface area contributed by atoms with Crippen LogP contribution in [0.25, 0.3) is 0 Å². The Morgan fingerprint density at radius 3 is 1.82 bits per heavy atom. The van der Waals surface area contributed by atoms with Crippen molar-refractivity contribution in [3.8, 4) is 0 Å². The van der Waals surface area contributed by atoms with Gasteiger partial charge in [-0.3, -0.25) is 0 Å². The van der Waals surface area contributed by atoms with Gasteiger partial charge in [-0.25, -0.2) is 8.42 Å². The lowest BCUT2D eigenvalue weighted by atomic mass is 10.0. The van der Waals surface area contributed by atoms with Crippen LogP contribution in [0.4, 0.5) is 0 Å². The molecule has 0 fully saturated rings. The van der Waals surface area contributed by atoms with Crippen LogP contribution in [0.15, 0.2) is 53.4 Å². The monoisotopic (exact) mass is 317 g/mol. The van der Waals surface area contributed by atoms with Gasteiger partial charge in [-0.1, -0.05) is 54.4 Å². The predicted molar refractivity (Wildman–Crippen MR) is 90.3 cm³/mol. The highest BCUT2D eigenvalue weighted by molar-refractivity contribution is 7.89. The second kappa shape index (κ2) is 6.63. The summed E-state index contributed by atoms with van der Waals surface area (Å²) in [6, 6.07) is 14.9. The number of aryl methyl sites for hydroxylation is 2. The Morgan fingerprint density at radius 2 is 1.36 bits per heavy atom. The standard InChI is InChI=1S/C18H23NO2S/c1-5-18(16-10-6-14(2)7-11-16)19(4)22(20,21)17-12-8-15(3)9-13-17/h6-13,18H,5H2,1-4H3. The van der Waals surface area contributed by atoms with Crippen LogP contribution in [-0.2, 0) is 10.0 Å². The highest BCUT2D eigenvalue weighted by Gasteiger charge is 2.27. The van der Waals surface area contributed by atoms with Gasteiger partial charge in [0, 0.05) is 13.1 Å². The van der Waals surface area contributed by atoms with E-state index in [0.29, 0.717) is 4.90 Å². The first-order chi connectivity index (χ1) is 10.4. The molecule has 0 aliphatic heterocycles. The molecular weight excluding hydrogens is 294 g/mol. The van der Waals surface area contributed by atoms with Crippen molar-refractivity contribution < 1.29 is 8.42 Å². The van der Waals surface area contributed by atoms with Gasteiger partial charge < -0.3 is 0 Å². The van der Waals surface area contributed by atoms with Gasteiger partial charge in [0.2, 0.25) is 10.0 Å². The smallest absolute Gasteiger partial charge is 0.207 e. The van der Waals surface area contributed by atoms with E-state index in [1.807, 2.05) is 57.2 Å². The number of benzene rings is 2. The Hall–Kier alpha value is -1.65. The Morgan fingerprint density at radius 1 is 0.909 bits per heavy atom. The maximum atomic E-state index is 12.8. The molecule has 0 saturated carbocycles. The van der Waals surface area contributed by atoms with Gasteiger partial charge in [0.1, 0.15) is 0 Å². The van der Waals surface area contributed by atoms with E-state index in [1.54, 1.807) is 19.2 Å². The summed E-state index contributed by atoms with van der Waals surface area (Å²) < 4.78 is 27.1. The van der Waals surface area contributed by atoms with E-state index < -0.39 is 10.0 Å². The summed E-state index contributed by atoms with van der Waals surface area (Å²) in [5.74, 6) is 0. The largest absolute Gasteiger partial charge is 0.243 e. The van der Waals surface area contributed by atoms with Crippen LogP contribution in [0.5, 0.6) is 0 Å². The van der Waals surface area contributed by atoms with Crippen LogP contribution in [-0.4, -0.2) is 19.8 Å². The average molecular weight is 317 g/mol. The van der Waals surface area contributed by atoms with Gasteiger partial charge in [-0.05, 0) is 38.0 Å². The average Bonchev–Trinajstić information content (AvgIpc) is 2.50. The summed E-state index contributed by atoms with van der Waals surface area (Å²) in [7, 11) is -1.84. The lowest BCUT2D eigenvalue weighted by Crippen LogP contribution is -2.31. The molecule has 0 saturated heterocycles. The van der Waals surface area contributed by atoms with Crippen molar-refractivity contribution in [3.05, 3.63) is 65.2 Å². The highest BCUT2D eigenvalue weighted by Crippen LogP contribution is 2.28. The van der Waals surface area contributed by atoms with E-state index in [1.165, 1.54) is 9.87 Å². The Balaban J connectivity index is 2.36. The zero-order chi connectivity index (χ0) is 16.3. The third kappa shape index (κ3) is 3.39. The molecule has 0 aromatic heterocycles. The Kier molecular flexibility index (Phi) is 5.04. The molecule has 2 rings (SSSR count). The zero-order valence-corrected chi connectivity index (χ0v) is 14.4. The van der Waals surface area contributed by atoms with E-state index in [2.05, 4.69) is 0 Å². The fourth-order valence-corrected chi connectivity index (χ4v) is 3.95. The summed E-state index contributed by atoms with van der Waals surface area (Å²) in [4.78, 5) is 0.339. The third-order valence-corrected chi connectivity index (χ3v) is 5.87. The second-order valence-electron chi connectivity index (χ2n) is 5.67. The molecular formula is C18H23NO2S. The Labute approximate surface area is 133 Å². The minimum atomic E-state index is -3.49. The fraction of sp³-hybridized carbons (Fsp3) is 0.333. The van der Waals surface area contributed by atoms with Crippen molar-refractivity contribution in [2.75, 3.05) is 7.05 Å². The molecule has 0 bridgehead atoms. The molecule has 0 amide bonds. The van der Waals surface area contributed by atoms with Gasteiger partial charge >= 0.3 is 0 Å². The number of hydrogen-bond donors (Lipinski definition) is 0. The van der Waals surface area contributed by atoms with Crippen LogP contribution < -0.4 is 0 Å². The normalized spacial score (nSPS) is 13.3. The first kappa shape index (κ1) is 16.7. The second-order valence-corrected chi connectivity index (χ2v) is 7.67. The van der Waals surface area contributed by atoms with Gasteiger partial charge in [0.05, 0.1) is 4.90 Å². The first-order valence-electron chi connectivity index (χ1n) is 7.47.